The summed E-state index contributed by atoms with van der Waals surface area (Å²) in [6, 6.07) is 6.89. The second-order valence-corrected chi connectivity index (χ2v) is 5.29. The average molecular weight is 262 g/mol. The predicted octanol–water partition coefficient (Wildman–Crippen LogP) is 2.17. The molecule has 0 aliphatic carbocycles. The van der Waals surface area contributed by atoms with E-state index in [1.165, 1.54) is 6.07 Å². The fraction of sp³-hybridized carbons (Fsp3) is 0.533. The molecule has 2 heterocycles. The quantitative estimate of drug-likeness (QED) is 0.905. The molecule has 1 aromatic carbocycles. The van der Waals surface area contributed by atoms with Crippen LogP contribution >= 0.6 is 0 Å². The highest BCUT2D eigenvalue weighted by atomic mass is 19.1. The largest absolute Gasteiger partial charge is 0.478 e. The Hall–Kier alpha value is -1.42. The van der Waals surface area contributed by atoms with E-state index < -0.39 is 0 Å². The first-order valence-electron chi connectivity index (χ1n) is 6.97. The van der Waals surface area contributed by atoms with Crippen LogP contribution in [0.5, 0.6) is 0 Å². The molecule has 102 valence electrons. The van der Waals surface area contributed by atoms with Crippen LogP contribution in [0.15, 0.2) is 29.3 Å². The zero-order valence-electron chi connectivity index (χ0n) is 10.9. The van der Waals surface area contributed by atoms with Crippen molar-refractivity contribution in [3.63, 3.8) is 0 Å². The lowest BCUT2D eigenvalue weighted by Crippen LogP contribution is -2.31. The van der Waals surface area contributed by atoms with E-state index in [4.69, 9.17) is 4.74 Å². The van der Waals surface area contributed by atoms with Crippen molar-refractivity contribution in [3.8, 4) is 0 Å². The van der Waals surface area contributed by atoms with Crippen molar-refractivity contribution in [3.05, 3.63) is 35.6 Å². The molecule has 0 saturated carbocycles. The summed E-state index contributed by atoms with van der Waals surface area (Å²) < 4.78 is 18.9. The summed E-state index contributed by atoms with van der Waals surface area (Å²) in [5, 5.41) is 3.34. The minimum atomic E-state index is -0.182. The van der Waals surface area contributed by atoms with Gasteiger partial charge < -0.3 is 10.1 Å². The number of hydrogen-bond donors (Lipinski definition) is 1. The first-order chi connectivity index (χ1) is 9.31. The van der Waals surface area contributed by atoms with Crippen molar-refractivity contribution in [2.75, 3.05) is 19.7 Å². The number of piperidine rings is 1. The molecule has 0 aromatic heterocycles. The number of nitrogens with one attached hydrogen (secondary N) is 1. The Balaban J connectivity index is 1.62. The lowest BCUT2D eigenvalue weighted by Gasteiger charge is -2.21. The topological polar surface area (TPSA) is 33.6 Å². The third kappa shape index (κ3) is 3.13. The van der Waals surface area contributed by atoms with Crippen LogP contribution in [0.2, 0.25) is 0 Å². The molecule has 19 heavy (non-hydrogen) atoms. The van der Waals surface area contributed by atoms with E-state index in [0.717, 1.165) is 43.8 Å². The number of nitrogens with zero attached hydrogens (tertiary/aromatic N) is 1. The third-order valence-corrected chi connectivity index (χ3v) is 3.78. The Kier molecular flexibility index (Phi) is 3.78. The molecule has 2 aliphatic heterocycles. The van der Waals surface area contributed by atoms with Crippen molar-refractivity contribution in [1.82, 2.24) is 5.32 Å². The first-order valence-corrected chi connectivity index (χ1v) is 6.97. The van der Waals surface area contributed by atoms with E-state index in [1.807, 2.05) is 6.07 Å². The lowest BCUT2D eigenvalue weighted by atomic mass is 9.98. The summed E-state index contributed by atoms with van der Waals surface area (Å²) in [5.41, 5.74) is 0.990. The summed E-state index contributed by atoms with van der Waals surface area (Å²) in [5.74, 6) is 1.21. The molecule has 1 atom stereocenters. The van der Waals surface area contributed by atoms with Crippen LogP contribution in [0.1, 0.15) is 18.4 Å². The second-order valence-electron chi connectivity index (χ2n) is 5.29. The van der Waals surface area contributed by atoms with Crippen molar-refractivity contribution in [2.45, 2.75) is 25.3 Å². The van der Waals surface area contributed by atoms with Gasteiger partial charge in [0, 0.05) is 5.92 Å². The molecule has 0 radical (unpaired) electrons. The minimum absolute atomic E-state index is 0.145. The van der Waals surface area contributed by atoms with Gasteiger partial charge in [0.05, 0.1) is 6.04 Å². The highest BCUT2D eigenvalue weighted by Gasteiger charge is 2.27. The van der Waals surface area contributed by atoms with Gasteiger partial charge in [-0.3, -0.25) is 0 Å². The molecular formula is C15H19FN2O. The summed E-state index contributed by atoms with van der Waals surface area (Å²) in [6.45, 7) is 2.72. The van der Waals surface area contributed by atoms with Gasteiger partial charge >= 0.3 is 0 Å². The van der Waals surface area contributed by atoms with Crippen LogP contribution in [0, 0.1) is 11.7 Å². The van der Waals surface area contributed by atoms with Crippen molar-refractivity contribution in [1.29, 1.82) is 0 Å². The van der Waals surface area contributed by atoms with Gasteiger partial charge in [0.2, 0.25) is 0 Å². The fourth-order valence-electron chi connectivity index (χ4n) is 2.77. The molecule has 0 spiro atoms. The van der Waals surface area contributed by atoms with Gasteiger partial charge in [0.25, 0.3) is 0 Å². The predicted molar refractivity (Wildman–Crippen MR) is 72.9 cm³/mol. The van der Waals surface area contributed by atoms with Crippen LogP contribution in [-0.4, -0.2) is 31.6 Å². The smallest absolute Gasteiger partial charge is 0.186 e. The van der Waals surface area contributed by atoms with Gasteiger partial charge in [-0.25, -0.2) is 9.38 Å². The van der Waals surface area contributed by atoms with Crippen LogP contribution in [0.3, 0.4) is 0 Å². The Labute approximate surface area is 112 Å². The van der Waals surface area contributed by atoms with E-state index in [0.29, 0.717) is 12.5 Å². The van der Waals surface area contributed by atoms with Gasteiger partial charge in [0.1, 0.15) is 12.4 Å². The zero-order valence-corrected chi connectivity index (χ0v) is 10.9. The number of ether oxygens (including phenoxy) is 1. The number of halogens is 1. The average Bonchev–Trinajstić information content (AvgIpc) is 2.88. The zero-order chi connectivity index (χ0) is 13.1. The Morgan fingerprint density at radius 2 is 2.16 bits per heavy atom. The van der Waals surface area contributed by atoms with Crippen LogP contribution < -0.4 is 5.32 Å². The number of rotatable bonds is 3. The van der Waals surface area contributed by atoms with Crippen molar-refractivity contribution < 1.29 is 9.13 Å². The van der Waals surface area contributed by atoms with Crippen LogP contribution in [-0.2, 0) is 11.2 Å². The highest BCUT2D eigenvalue weighted by molar-refractivity contribution is 5.80. The molecule has 3 nitrogen and oxygen atoms in total. The molecule has 4 heteroatoms. The molecule has 0 bridgehead atoms. The number of aliphatic imine (C=N–C) groups is 1. The summed E-state index contributed by atoms with van der Waals surface area (Å²) in [7, 11) is 0. The first kappa shape index (κ1) is 12.6. The van der Waals surface area contributed by atoms with Gasteiger partial charge in [0.15, 0.2) is 5.90 Å². The number of benzene rings is 1. The maximum atomic E-state index is 13.1. The van der Waals surface area contributed by atoms with Gasteiger partial charge in [-0.05, 0) is 50.0 Å². The highest BCUT2D eigenvalue weighted by Crippen LogP contribution is 2.21. The Morgan fingerprint density at radius 3 is 2.95 bits per heavy atom. The van der Waals surface area contributed by atoms with E-state index in [-0.39, 0.29) is 11.9 Å². The molecule has 3 rings (SSSR count). The number of hydrogen-bond acceptors (Lipinski definition) is 3. The maximum absolute atomic E-state index is 13.1. The Bertz CT molecular complexity index is 469. The van der Waals surface area contributed by atoms with E-state index in [1.54, 1.807) is 12.1 Å². The van der Waals surface area contributed by atoms with E-state index in [2.05, 4.69) is 10.3 Å². The summed E-state index contributed by atoms with van der Waals surface area (Å²) in [4.78, 5) is 4.68. The van der Waals surface area contributed by atoms with E-state index >= 15 is 0 Å². The normalized spacial score (nSPS) is 24.1. The lowest BCUT2D eigenvalue weighted by molar-refractivity contribution is 0.283. The second kappa shape index (κ2) is 5.70. The van der Waals surface area contributed by atoms with Crippen LogP contribution in [0.4, 0.5) is 4.39 Å². The molecule has 1 saturated heterocycles. The molecule has 0 amide bonds. The minimum Gasteiger partial charge on any atom is -0.478 e. The standard InChI is InChI=1S/C15H19FN2O/c16-13-3-1-2-11(8-13)9-14-10-19-15(18-14)12-4-6-17-7-5-12/h1-3,8,12,14,17H,4-7,9-10H2. The molecule has 1 fully saturated rings. The Morgan fingerprint density at radius 1 is 1.32 bits per heavy atom. The fourth-order valence-corrected chi connectivity index (χ4v) is 2.77. The van der Waals surface area contributed by atoms with Gasteiger partial charge in [-0.1, -0.05) is 12.1 Å². The van der Waals surface area contributed by atoms with Crippen molar-refractivity contribution >= 4 is 5.90 Å². The van der Waals surface area contributed by atoms with Gasteiger partial charge in [-0.2, -0.15) is 0 Å². The molecule has 1 N–H and O–H groups in total. The van der Waals surface area contributed by atoms with Crippen LogP contribution in [0.25, 0.3) is 0 Å². The van der Waals surface area contributed by atoms with Gasteiger partial charge in [-0.15, -0.1) is 0 Å². The molecular weight excluding hydrogens is 243 g/mol. The summed E-state index contributed by atoms with van der Waals surface area (Å²) in [6.07, 6.45) is 2.96. The maximum Gasteiger partial charge on any atom is 0.186 e. The molecule has 1 aromatic rings. The molecule has 1 unspecified atom stereocenters. The van der Waals surface area contributed by atoms with Crippen molar-refractivity contribution in [2.24, 2.45) is 10.9 Å². The van der Waals surface area contributed by atoms with E-state index in [9.17, 15) is 4.39 Å². The molecule has 2 aliphatic rings. The summed E-state index contributed by atoms with van der Waals surface area (Å²) >= 11 is 0. The monoisotopic (exact) mass is 262 g/mol. The SMILES string of the molecule is Fc1cccc(CC2COC(C3CCNCC3)=N2)c1. The third-order valence-electron chi connectivity index (χ3n) is 3.78.